The zero-order chi connectivity index (χ0) is 35.3. The summed E-state index contributed by atoms with van der Waals surface area (Å²) in [6.07, 6.45) is -0.786. The van der Waals surface area contributed by atoms with Crippen LogP contribution in [0.5, 0.6) is 5.75 Å². The molecule has 4 aromatic rings. The van der Waals surface area contributed by atoms with Crippen molar-refractivity contribution in [2.75, 3.05) is 6.54 Å². The summed E-state index contributed by atoms with van der Waals surface area (Å²) in [7, 11) is 0. The summed E-state index contributed by atoms with van der Waals surface area (Å²) >= 11 is 0. The molecule has 1 aromatic heterocycles. The van der Waals surface area contributed by atoms with Crippen LogP contribution in [0.3, 0.4) is 0 Å². The molecule has 49 heavy (non-hydrogen) atoms. The van der Waals surface area contributed by atoms with Crippen molar-refractivity contribution in [2.24, 2.45) is 0 Å². The lowest BCUT2D eigenvalue weighted by Crippen LogP contribution is -2.16. The van der Waals surface area contributed by atoms with Crippen molar-refractivity contribution in [2.45, 2.75) is 76.7 Å². The second-order valence-corrected chi connectivity index (χ2v) is 12.2. The summed E-state index contributed by atoms with van der Waals surface area (Å²) < 4.78 is 82.8. The highest BCUT2D eigenvalue weighted by molar-refractivity contribution is 5.69. The molecule has 6 rings (SSSR count). The molecule has 2 aliphatic carbocycles. The first-order valence-electron chi connectivity index (χ1n) is 16.1. The molecule has 0 unspecified atom stereocenters. The summed E-state index contributed by atoms with van der Waals surface area (Å²) in [5.41, 5.74) is 5.88. The Morgan fingerprint density at radius 2 is 1.61 bits per heavy atom. The molecule has 6 nitrogen and oxygen atoms in total. The number of halogens is 6. The van der Waals surface area contributed by atoms with Crippen LogP contribution >= 0.6 is 0 Å². The van der Waals surface area contributed by atoms with Crippen molar-refractivity contribution in [3.05, 3.63) is 107 Å². The van der Waals surface area contributed by atoms with E-state index >= 15 is 0 Å². The van der Waals surface area contributed by atoms with Crippen LogP contribution in [0.15, 0.2) is 79.0 Å². The lowest BCUT2D eigenvalue weighted by Gasteiger charge is -2.13. The van der Waals surface area contributed by atoms with Gasteiger partial charge < -0.3 is 15.2 Å². The summed E-state index contributed by atoms with van der Waals surface area (Å²) in [5, 5.41) is 16.4. The minimum Gasteiger partial charge on any atom is -0.481 e. The molecule has 260 valence electrons. The zero-order valence-corrected chi connectivity index (χ0v) is 27.0. The van der Waals surface area contributed by atoms with Gasteiger partial charge in [-0.05, 0) is 85.9 Å². The number of carboxylic acid groups (broad SMARTS) is 1. The highest BCUT2D eigenvalue weighted by Gasteiger charge is 2.35. The van der Waals surface area contributed by atoms with Crippen LogP contribution in [0.2, 0.25) is 0 Å². The molecule has 0 radical (unpaired) electrons. The van der Waals surface area contributed by atoms with Crippen molar-refractivity contribution in [3.8, 4) is 22.6 Å². The van der Waals surface area contributed by atoms with E-state index in [0.29, 0.717) is 23.4 Å². The first kappa shape index (κ1) is 35.6. The minimum atomic E-state index is -4.78. The van der Waals surface area contributed by atoms with Crippen LogP contribution in [0, 0.1) is 6.92 Å². The van der Waals surface area contributed by atoms with Crippen LogP contribution < -0.4 is 10.1 Å². The van der Waals surface area contributed by atoms with Gasteiger partial charge >= 0.3 is 18.5 Å². The fraction of sp³-hybridized carbons (Fsp3) is 0.351. The maximum Gasteiger partial charge on any atom is 0.573 e. The van der Waals surface area contributed by atoms with Gasteiger partial charge in [0.15, 0.2) is 0 Å². The standard InChI is InChI=1S/C23H18F6N2O.C14H19NO2/c24-22(25,26)16-7-10-18(13-1-2-13)20(11-16)31-12-19(21(30-31)15-3-4-15)14-5-8-17(9-6-14)32-23(27,28)29;1-3-4-13(15-10-9-14(16)17)12-7-5-11(2)6-8-12/h5-13,15H,1-4H2;4-8,15H,3,9-10H2,1-2H3,(H,16,17)/b;13-4+. The number of alkyl halides is 6. The number of hydrogen-bond acceptors (Lipinski definition) is 4. The van der Waals surface area contributed by atoms with Crippen molar-refractivity contribution < 1.29 is 41.0 Å². The number of allylic oxidation sites excluding steroid dienone is 1. The largest absolute Gasteiger partial charge is 0.573 e. The Hall–Kier alpha value is -4.74. The van der Waals surface area contributed by atoms with E-state index in [1.54, 1.807) is 6.20 Å². The molecule has 0 spiro atoms. The number of carboxylic acids is 1. The quantitative estimate of drug-likeness (QED) is 0.154. The monoisotopic (exact) mass is 685 g/mol. The van der Waals surface area contributed by atoms with Crippen molar-refractivity contribution in [1.82, 2.24) is 15.1 Å². The number of aliphatic carboxylic acids is 1. The Morgan fingerprint density at radius 1 is 0.959 bits per heavy atom. The number of nitrogens with zero attached hydrogens (tertiary/aromatic N) is 2. The third-order valence-corrected chi connectivity index (χ3v) is 8.15. The van der Waals surface area contributed by atoms with Crippen molar-refractivity contribution >= 4 is 11.7 Å². The molecule has 2 saturated carbocycles. The van der Waals surface area contributed by atoms with Crippen molar-refractivity contribution in [1.29, 1.82) is 0 Å². The van der Waals surface area contributed by atoms with E-state index in [4.69, 9.17) is 5.11 Å². The number of aryl methyl sites for hydroxylation is 1. The average molecular weight is 686 g/mol. The van der Waals surface area contributed by atoms with E-state index in [1.165, 1.54) is 40.6 Å². The summed E-state index contributed by atoms with van der Waals surface area (Å²) in [4.78, 5) is 10.5. The average Bonchev–Trinajstić information content (AvgIpc) is 3.98. The molecule has 2 aliphatic rings. The normalized spacial score (nSPS) is 15.0. The van der Waals surface area contributed by atoms with Gasteiger partial charge in [-0.15, -0.1) is 13.2 Å². The molecule has 1 heterocycles. The van der Waals surface area contributed by atoms with Crippen LogP contribution in [-0.4, -0.2) is 33.8 Å². The van der Waals surface area contributed by atoms with Crippen molar-refractivity contribution in [3.63, 3.8) is 0 Å². The van der Waals surface area contributed by atoms with Gasteiger partial charge in [-0.25, -0.2) is 4.68 Å². The predicted octanol–water partition coefficient (Wildman–Crippen LogP) is 10.0. The Morgan fingerprint density at radius 3 is 2.16 bits per heavy atom. The molecular formula is C37H37F6N3O3. The maximum atomic E-state index is 13.4. The maximum absolute atomic E-state index is 13.4. The molecule has 0 aliphatic heterocycles. The Bertz CT molecular complexity index is 1770. The van der Waals surface area contributed by atoms with E-state index in [0.717, 1.165) is 66.8 Å². The third kappa shape index (κ3) is 9.90. The van der Waals surface area contributed by atoms with Crippen LogP contribution in [-0.2, 0) is 11.0 Å². The Balaban J connectivity index is 0.000000234. The number of aromatic nitrogens is 2. The highest BCUT2D eigenvalue weighted by Crippen LogP contribution is 2.47. The first-order chi connectivity index (χ1) is 23.2. The number of benzene rings is 3. The van der Waals surface area contributed by atoms with Crippen LogP contribution in [0.1, 0.15) is 85.2 Å². The highest BCUT2D eigenvalue weighted by atomic mass is 19.4. The Labute approximate surface area is 280 Å². The summed E-state index contributed by atoms with van der Waals surface area (Å²) in [5.74, 6) is -0.719. The molecule has 2 N–H and O–H groups in total. The number of rotatable bonds is 11. The molecule has 0 amide bonds. The SMILES string of the molecule is CC/C=C(/NCCC(=O)O)c1ccc(C)cc1.FC(F)(F)Oc1ccc(-c2cn(-c3cc(C(F)(F)F)ccc3C3CC3)nc2C2CC2)cc1. The lowest BCUT2D eigenvalue weighted by atomic mass is 10.0. The topological polar surface area (TPSA) is 76.4 Å². The van der Waals surface area contributed by atoms with Gasteiger partial charge in [-0.3, -0.25) is 4.79 Å². The summed E-state index contributed by atoms with van der Waals surface area (Å²) in [6, 6.07) is 17.4. The fourth-order valence-electron chi connectivity index (χ4n) is 5.42. The predicted molar refractivity (Wildman–Crippen MR) is 174 cm³/mol. The van der Waals surface area contributed by atoms with Gasteiger partial charge in [-0.1, -0.05) is 61.0 Å². The zero-order valence-electron chi connectivity index (χ0n) is 27.0. The molecule has 0 bridgehead atoms. The van der Waals surface area contributed by atoms with Gasteiger partial charge in [0.05, 0.1) is 23.4 Å². The second-order valence-electron chi connectivity index (χ2n) is 12.2. The molecule has 2 fully saturated rings. The number of ether oxygens (including phenoxy) is 1. The fourth-order valence-corrected chi connectivity index (χ4v) is 5.42. The molecule has 0 saturated heterocycles. The van der Waals surface area contributed by atoms with Gasteiger partial charge in [0.25, 0.3) is 0 Å². The molecule has 0 atom stereocenters. The smallest absolute Gasteiger partial charge is 0.481 e. The van der Waals surface area contributed by atoms with Gasteiger partial charge in [0.1, 0.15) is 5.75 Å². The van der Waals surface area contributed by atoms with Gasteiger partial charge in [0, 0.05) is 29.9 Å². The van der Waals surface area contributed by atoms with E-state index in [1.807, 2.05) is 19.1 Å². The van der Waals surface area contributed by atoms with Crippen LogP contribution in [0.25, 0.3) is 22.5 Å². The molecule has 3 aromatic carbocycles. The van der Waals surface area contributed by atoms with E-state index in [2.05, 4.69) is 40.3 Å². The van der Waals surface area contributed by atoms with E-state index in [9.17, 15) is 31.1 Å². The summed E-state index contributed by atoms with van der Waals surface area (Å²) in [6.45, 7) is 4.56. The van der Waals surface area contributed by atoms with Crippen LogP contribution in [0.4, 0.5) is 26.3 Å². The first-order valence-corrected chi connectivity index (χ1v) is 16.1. The van der Waals surface area contributed by atoms with Gasteiger partial charge in [0.2, 0.25) is 0 Å². The molecular weight excluding hydrogens is 648 g/mol. The second kappa shape index (κ2) is 14.8. The van der Waals surface area contributed by atoms with E-state index in [-0.39, 0.29) is 24.0 Å². The lowest BCUT2D eigenvalue weighted by molar-refractivity contribution is -0.274. The number of carbonyl (C=O) groups is 1. The number of nitrogens with one attached hydrogen (secondary N) is 1. The Kier molecular flexibility index (Phi) is 10.7. The molecule has 12 heteroatoms. The third-order valence-electron chi connectivity index (χ3n) is 8.15. The number of hydrogen-bond donors (Lipinski definition) is 2. The van der Waals surface area contributed by atoms with Gasteiger partial charge in [-0.2, -0.15) is 18.3 Å². The van der Waals surface area contributed by atoms with E-state index < -0.39 is 24.1 Å². The minimum absolute atomic E-state index is 0.132.